The van der Waals surface area contributed by atoms with Crippen molar-refractivity contribution in [2.45, 2.75) is 150 Å². The molecule has 1 aromatic heterocycles. The first-order chi connectivity index (χ1) is 25.8. The fourth-order valence-corrected chi connectivity index (χ4v) is 8.97. The molecule has 0 radical (unpaired) electrons. The molecule has 0 bridgehead atoms. The second-order valence-corrected chi connectivity index (χ2v) is 16.1. The van der Waals surface area contributed by atoms with E-state index < -0.39 is 0 Å². The predicted molar refractivity (Wildman–Crippen MR) is 232 cm³/mol. The third-order valence-corrected chi connectivity index (χ3v) is 12.5. The maximum absolute atomic E-state index is 5.29. The van der Waals surface area contributed by atoms with Gasteiger partial charge in [-0.1, -0.05) is 161 Å². The van der Waals surface area contributed by atoms with Crippen LogP contribution in [0.15, 0.2) is 97.4 Å². The summed E-state index contributed by atoms with van der Waals surface area (Å²) in [4.78, 5) is 5.29. The topological polar surface area (TPSA) is 17.8 Å². The monoisotopic (exact) mass is 709 g/mol. The van der Waals surface area contributed by atoms with E-state index in [1.807, 2.05) is 33.8 Å². The van der Waals surface area contributed by atoms with Gasteiger partial charge in [0, 0.05) is 18.0 Å². The van der Waals surface area contributed by atoms with Crippen molar-refractivity contribution in [2.24, 2.45) is 5.92 Å². The van der Waals surface area contributed by atoms with E-state index in [0.717, 1.165) is 12.2 Å². The lowest BCUT2D eigenvalue weighted by Gasteiger charge is -2.34. The molecule has 0 amide bonds. The molecule has 0 saturated heterocycles. The van der Waals surface area contributed by atoms with Crippen molar-refractivity contribution in [1.29, 1.82) is 0 Å². The van der Waals surface area contributed by atoms with Gasteiger partial charge in [-0.25, -0.2) is 4.98 Å². The number of nitrogens with zero attached hydrogens (tertiary/aromatic N) is 2. The van der Waals surface area contributed by atoms with Gasteiger partial charge in [0.05, 0.1) is 5.69 Å². The van der Waals surface area contributed by atoms with E-state index in [1.54, 1.807) is 0 Å². The third-order valence-electron chi connectivity index (χ3n) is 12.5. The fraction of sp³-hybridized carbons (Fsp3) is 0.471. The van der Waals surface area contributed by atoms with E-state index in [0.29, 0.717) is 17.8 Å². The maximum atomic E-state index is 5.29. The molecule has 1 heterocycles. The molecule has 0 unspecified atom stereocenters. The Balaban J connectivity index is 0.00000131. The summed E-state index contributed by atoms with van der Waals surface area (Å²) in [5.41, 5.74) is 15.4. The average molecular weight is 709 g/mol. The van der Waals surface area contributed by atoms with Gasteiger partial charge in [0.25, 0.3) is 0 Å². The number of rotatable bonds is 9. The van der Waals surface area contributed by atoms with Crippen molar-refractivity contribution in [3.63, 3.8) is 0 Å². The highest BCUT2D eigenvalue weighted by Crippen LogP contribution is 2.48. The van der Waals surface area contributed by atoms with Crippen LogP contribution in [0.4, 0.5) is 0 Å². The normalized spacial score (nSPS) is 16.6. The molecule has 3 aromatic carbocycles. The second-order valence-electron chi connectivity index (χ2n) is 16.1. The molecule has 0 atom stereocenters. The van der Waals surface area contributed by atoms with E-state index >= 15 is 0 Å². The molecule has 3 aliphatic carbocycles. The van der Waals surface area contributed by atoms with Crippen molar-refractivity contribution in [2.75, 3.05) is 0 Å². The zero-order valence-corrected chi connectivity index (χ0v) is 34.7. The van der Waals surface area contributed by atoms with Crippen LogP contribution in [0.25, 0.3) is 33.8 Å². The lowest BCUT2D eigenvalue weighted by Crippen LogP contribution is -2.26. The Morgan fingerprint density at radius 2 is 1.36 bits per heavy atom. The molecule has 0 N–H and O–H groups in total. The Morgan fingerprint density at radius 1 is 0.774 bits per heavy atom. The van der Waals surface area contributed by atoms with Gasteiger partial charge in [-0.3, -0.25) is 4.57 Å². The summed E-state index contributed by atoms with van der Waals surface area (Å²) in [6.45, 7) is 23.9. The number of allylic oxidation sites excluding steroid dienone is 5. The maximum Gasteiger partial charge on any atom is 0.144 e. The van der Waals surface area contributed by atoms with E-state index in [1.165, 1.54) is 126 Å². The van der Waals surface area contributed by atoms with Gasteiger partial charge in [-0.2, -0.15) is 0 Å². The molecule has 7 rings (SSSR count). The molecule has 3 aliphatic rings. The quantitative estimate of drug-likeness (QED) is 0.158. The predicted octanol–water partition coefficient (Wildman–Crippen LogP) is 15.4. The van der Waals surface area contributed by atoms with E-state index in [2.05, 4.69) is 125 Å². The molecular weight excluding hydrogens is 641 g/mol. The highest BCUT2D eigenvalue weighted by atomic mass is 15.1. The average Bonchev–Trinajstić information content (AvgIpc) is 3.82. The third kappa shape index (κ3) is 8.43. The van der Waals surface area contributed by atoms with Crippen LogP contribution in [0.2, 0.25) is 0 Å². The molecule has 2 nitrogen and oxygen atoms in total. The molecular formula is C51H68N2. The standard InChI is InChI=1S/C47H56N2.2C2H6/c1-7-8-24-39-33(4)27-38-30-44(47(5,6)32(2)3)43(31-40(38)39)46-48-25-26-49(46)45-41(35-20-14-10-15-21-35)28-37(34-18-12-9-13-19-34)29-42(45)36-22-16-11-17-23-36;2*1-2/h7-9,12-13,18-19,24-26,28-32,35-36H,1,10-11,14-17,20-23,27H2,2-6H3;2*1-2H3/b24-8-;;. The number of fused-ring (bicyclic) bond motifs is 1. The minimum absolute atomic E-state index is 0.0235. The summed E-state index contributed by atoms with van der Waals surface area (Å²) >= 11 is 0. The van der Waals surface area contributed by atoms with E-state index in [9.17, 15) is 0 Å². The summed E-state index contributed by atoms with van der Waals surface area (Å²) in [6.07, 6.45) is 24.6. The molecule has 282 valence electrons. The van der Waals surface area contributed by atoms with Crippen molar-refractivity contribution < 1.29 is 0 Å². The summed E-state index contributed by atoms with van der Waals surface area (Å²) in [5.74, 6) is 2.70. The summed E-state index contributed by atoms with van der Waals surface area (Å²) < 4.78 is 2.54. The Kier molecular flexibility index (Phi) is 14.0. The van der Waals surface area contributed by atoms with Crippen molar-refractivity contribution in [3.8, 4) is 28.2 Å². The molecule has 0 aliphatic heterocycles. The largest absolute Gasteiger partial charge is 0.299 e. The Hall–Kier alpha value is -3.91. The summed E-state index contributed by atoms with van der Waals surface area (Å²) in [5, 5.41) is 0. The Labute approximate surface area is 323 Å². The summed E-state index contributed by atoms with van der Waals surface area (Å²) in [7, 11) is 0. The molecule has 2 saturated carbocycles. The van der Waals surface area contributed by atoms with Crippen molar-refractivity contribution in [1.82, 2.24) is 9.55 Å². The highest BCUT2D eigenvalue weighted by Gasteiger charge is 2.34. The Bertz CT molecular complexity index is 1830. The zero-order chi connectivity index (χ0) is 38.1. The molecule has 2 heteroatoms. The lowest BCUT2D eigenvalue weighted by molar-refractivity contribution is 0.373. The smallest absolute Gasteiger partial charge is 0.144 e. The van der Waals surface area contributed by atoms with Crippen LogP contribution >= 0.6 is 0 Å². The van der Waals surface area contributed by atoms with Crippen molar-refractivity contribution in [3.05, 3.63) is 125 Å². The molecule has 53 heavy (non-hydrogen) atoms. The van der Waals surface area contributed by atoms with E-state index in [4.69, 9.17) is 4.98 Å². The second kappa shape index (κ2) is 18.4. The first-order valence-corrected chi connectivity index (χ1v) is 21.2. The first kappa shape index (κ1) is 40.3. The highest BCUT2D eigenvalue weighted by molar-refractivity contribution is 5.86. The minimum Gasteiger partial charge on any atom is -0.299 e. The van der Waals surface area contributed by atoms with Crippen LogP contribution in [0, 0.1) is 5.92 Å². The molecule has 0 spiro atoms. The van der Waals surface area contributed by atoms with Gasteiger partial charge >= 0.3 is 0 Å². The van der Waals surface area contributed by atoms with Crippen LogP contribution < -0.4 is 0 Å². The number of aromatic nitrogens is 2. The van der Waals surface area contributed by atoms with Gasteiger partial charge < -0.3 is 0 Å². The van der Waals surface area contributed by atoms with Crippen LogP contribution in [0.3, 0.4) is 0 Å². The SMILES string of the molecule is C=C/C=C\C1=C(C)Cc2cc(C(C)(C)C(C)C)c(-c3nccn3-c3c(C4CCCCC4)cc(-c4ccccc4)cc3C3CCCCC3)cc21.CC.CC. The van der Waals surface area contributed by atoms with Crippen LogP contribution in [-0.4, -0.2) is 9.55 Å². The van der Waals surface area contributed by atoms with Gasteiger partial charge in [-0.05, 0) is 125 Å². The number of imidazole rings is 1. The van der Waals surface area contributed by atoms with Crippen molar-refractivity contribution >= 4 is 5.57 Å². The summed E-state index contributed by atoms with van der Waals surface area (Å²) in [6, 6.07) is 21.3. The molecule has 2 fully saturated rings. The van der Waals surface area contributed by atoms with Crippen LogP contribution in [0.5, 0.6) is 0 Å². The Morgan fingerprint density at radius 3 is 1.91 bits per heavy atom. The number of benzene rings is 3. The van der Waals surface area contributed by atoms with Crippen LogP contribution in [0.1, 0.15) is 166 Å². The first-order valence-electron chi connectivity index (χ1n) is 21.2. The number of hydrogen-bond donors (Lipinski definition) is 0. The van der Waals surface area contributed by atoms with Gasteiger partial charge in [0.15, 0.2) is 0 Å². The van der Waals surface area contributed by atoms with Gasteiger partial charge in [0.2, 0.25) is 0 Å². The zero-order valence-electron chi connectivity index (χ0n) is 34.7. The van der Waals surface area contributed by atoms with Gasteiger partial charge in [-0.15, -0.1) is 0 Å². The van der Waals surface area contributed by atoms with Gasteiger partial charge in [0.1, 0.15) is 5.82 Å². The van der Waals surface area contributed by atoms with E-state index in [-0.39, 0.29) is 5.41 Å². The van der Waals surface area contributed by atoms with Crippen LogP contribution in [-0.2, 0) is 11.8 Å². The number of hydrogen-bond acceptors (Lipinski definition) is 1. The fourth-order valence-electron chi connectivity index (χ4n) is 8.97. The lowest BCUT2D eigenvalue weighted by atomic mass is 9.72. The molecule has 4 aromatic rings. The minimum atomic E-state index is -0.0235.